The predicted molar refractivity (Wildman–Crippen MR) is 96.7 cm³/mol. The fourth-order valence-electron chi connectivity index (χ4n) is 3.15. The van der Waals surface area contributed by atoms with E-state index in [9.17, 15) is 0 Å². The molecule has 0 bridgehead atoms. The van der Waals surface area contributed by atoms with Crippen LogP contribution in [0, 0.1) is 6.92 Å². The van der Waals surface area contributed by atoms with E-state index >= 15 is 0 Å². The second-order valence-corrected chi connectivity index (χ2v) is 5.88. The van der Waals surface area contributed by atoms with Gasteiger partial charge in [-0.2, -0.15) is 0 Å². The molecule has 2 rings (SSSR count). The van der Waals surface area contributed by atoms with Crippen LogP contribution >= 0.6 is 0 Å². The molecule has 0 aromatic carbocycles. The van der Waals surface area contributed by atoms with Crippen molar-refractivity contribution in [3.63, 3.8) is 0 Å². The summed E-state index contributed by atoms with van der Waals surface area (Å²) in [7, 11) is 0. The zero-order chi connectivity index (χ0) is 16.7. The lowest BCUT2D eigenvalue weighted by Crippen LogP contribution is -2.28. The monoisotopic (exact) mass is 313 g/mol. The molecule has 1 saturated heterocycles. The number of allylic oxidation sites excluding steroid dienone is 1. The van der Waals surface area contributed by atoms with Crippen LogP contribution in [0.15, 0.2) is 40.2 Å². The van der Waals surface area contributed by atoms with Gasteiger partial charge in [0.2, 0.25) is 0 Å². The van der Waals surface area contributed by atoms with Gasteiger partial charge in [-0.25, -0.2) is 4.99 Å². The molecule has 1 atom stereocenters. The van der Waals surface area contributed by atoms with Crippen LogP contribution in [0.3, 0.4) is 0 Å². The Bertz CT molecular complexity index is 591. The first-order valence-corrected chi connectivity index (χ1v) is 8.25. The lowest BCUT2D eigenvalue weighted by molar-refractivity contribution is 0.257. The van der Waals surface area contributed by atoms with E-state index in [4.69, 9.17) is 5.73 Å². The summed E-state index contributed by atoms with van der Waals surface area (Å²) in [6.07, 6.45) is 8.55. The number of pyridine rings is 1. The zero-order valence-corrected chi connectivity index (χ0v) is 14.2. The molecule has 1 aromatic rings. The summed E-state index contributed by atoms with van der Waals surface area (Å²) in [5.41, 5.74) is 8.74. The summed E-state index contributed by atoms with van der Waals surface area (Å²) in [6.45, 7) is 9.05. The Hall–Kier alpha value is -2.01. The Balaban J connectivity index is 2.40. The molecule has 1 fully saturated rings. The van der Waals surface area contributed by atoms with Crippen molar-refractivity contribution in [3.05, 3.63) is 41.5 Å². The Morgan fingerprint density at radius 1 is 1.48 bits per heavy atom. The molecule has 1 aliphatic rings. The topological polar surface area (TPSA) is 66.9 Å². The predicted octanol–water partition coefficient (Wildman–Crippen LogP) is 3.23. The molecule has 23 heavy (non-hydrogen) atoms. The van der Waals surface area contributed by atoms with E-state index < -0.39 is 0 Å². The van der Waals surface area contributed by atoms with E-state index in [1.54, 1.807) is 0 Å². The molecular weight excluding hydrogens is 286 g/mol. The van der Waals surface area contributed by atoms with Gasteiger partial charge in [0.05, 0.1) is 12.7 Å². The maximum Gasteiger partial charge on any atom is 0.130 e. The van der Waals surface area contributed by atoms with Crippen molar-refractivity contribution in [1.82, 2.24) is 9.88 Å². The summed E-state index contributed by atoms with van der Waals surface area (Å²) in [6, 6.07) is 4.47. The number of aryl methyl sites for hydroxylation is 1. The molecule has 2 N–H and O–H groups in total. The SMILES string of the molecule is C=N/C(=C\C(C)=NCN)N1CCCCCC1c1cccnc1C. The van der Waals surface area contributed by atoms with Crippen molar-refractivity contribution in [2.75, 3.05) is 13.2 Å². The van der Waals surface area contributed by atoms with Gasteiger partial charge in [0.15, 0.2) is 0 Å². The number of nitrogens with zero attached hydrogens (tertiary/aromatic N) is 4. The quantitative estimate of drug-likeness (QED) is 0.849. The van der Waals surface area contributed by atoms with Gasteiger partial charge in [0, 0.05) is 30.2 Å². The minimum absolute atomic E-state index is 0.286. The zero-order valence-electron chi connectivity index (χ0n) is 14.2. The summed E-state index contributed by atoms with van der Waals surface area (Å²) in [4.78, 5) is 15.3. The minimum atomic E-state index is 0.286. The number of hydrogen-bond acceptors (Lipinski definition) is 5. The van der Waals surface area contributed by atoms with Crippen LogP contribution in [0.5, 0.6) is 0 Å². The maximum atomic E-state index is 5.50. The van der Waals surface area contributed by atoms with Crippen LogP contribution in [-0.4, -0.2) is 35.5 Å². The Morgan fingerprint density at radius 2 is 2.30 bits per heavy atom. The Kier molecular flexibility index (Phi) is 6.47. The van der Waals surface area contributed by atoms with Crippen molar-refractivity contribution in [3.8, 4) is 0 Å². The molecule has 5 heteroatoms. The van der Waals surface area contributed by atoms with E-state index in [1.807, 2.05) is 25.3 Å². The minimum Gasteiger partial charge on any atom is -0.349 e. The molecule has 1 aliphatic heterocycles. The van der Waals surface area contributed by atoms with E-state index in [0.29, 0.717) is 0 Å². The average molecular weight is 313 g/mol. The highest BCUT2D eigenvalue weighted by molar-refractivity contribution is 5.93. The molecule has 0 aliphatic carbocycles. The highest BCUT2D eigenvalue weighted by Gasteiger charge is 2.25. The van der Waals surface area contributed by atoms with Crippen molar-refractivity contribution in [2.24, 2.45) is 15.7 Å². The summed E-state index contributed by atoms with van der Waals surface area (Å²) in [5, 5.41) is 0. The van der Waals surface area contributed by atoms with Crippen molar-refractivity contribution < 1.29 is 0 Å². The third-order valence-corrected chi connectivity index (χ3v) is 4.29. The van der Waals surface area contributed by atoms with Crippen LogP contribution in [0.2, 0.25) is 0 Å². The summed E-state index contributed by atoms with van der Waals surface area (Å²) < 4.78 is 0. The van der Waals surface area contributed by atoms with Gasteiger partial charge in [-0.1, -0.05) is 18.9 Å². The van der Waals surface area contributed by atoms with Gasteiger partial charge in [-0.05, 0) is 45.0 Å². The molecule has 0 spiro atoms. The third kappa shape index (κ3) is 4.48. The van der Waals surface area contributed by atoms with Crippen LogP contribution in [-0.2, 0) is 0 Å². The van der Waals surface area contributed by atoms with E-state index in [-0.39, 0.29) is 12.7 Å². The molecule has 1 unspecified atom stereocenters. The Labute approximate surface area is 139 Å². The van der Waals surface area contributed by atoms with E-state index in [1.165, 1.54) is 18.4 Å². The normalized spacial score (nSPS) is 20.3. The summed E-state index contributed by atoms with van der Waals surface area (Å²) >= 11 is 0. The number of likely N-dealkylation sites (tertiary alicyclic amines) is 1. The number of nitrogens with two attached hydrogens (primary N) is 1. The maximum absolute atomic E-state index is 5.50. The summed E-state index contributed by atoms with van der Waals surface area (Å²) in [5.74, 6) is 0.870. The Morgan fingerprint density at radius 3 is 3.00 bits per heavy atom. The van der Waals surface area contributed by atoms with Gasteiger partial charge in [-0.15, -0.1) is 0 Å². The largest absolute Gasteiger partial charge is 0.349 e. The number of aromatic nitrogens is 1. The van der Waals surface area contributed by atoms with Crippen molar-refractivity contribution >= 4 is 12.4 Å². The average Bonchev–Trinajstić information content (AvgIpc) is 2.79. The van der Waals surface area contributed by atoms with Crippen LogP contribution in [0.25, 0.3) is 0 Å². The smallest absolute Gasteiger partial charge is 0.130 e. The van der Waals surface area contributed by atoms with Gasteiger partial charge in [-0.3, -0.25) is 9.98 Å². The lowest BCUT2D eigenvalue weighted by atomic mass is 9.99. The molecule has 0 radical (unpaired) electrons. The second kappa shape index (κ2) is 8.58. The number of rotatable bonds is 5. The molecule has 0 saturated carbocycles. The molecule has 0 amide bonds. The number of aliphatic imine (C=N–C) groups is 2. The molecule has 2 heterocycles. The second-order valence-electron chi connectivity index (χ2n) is 5.88. The van der Waals surface area contributed by atoms with Gasteiger partial charge < -0.3 is 10.6 Å². The fraction of sp³-hybridized carbons (Fsp3) is 0.500. The first-order chi connectivity index (χ1) is 11.2. The lowest BCUT2D eigenvalue weighted by Gasteiger charge is -2.33. The van der Waals surface area contributed by atoms with Crippen LogP contribution in [0.4, 0.5) is 0 Å². The van der Waals surface area contributed by atoms with Crippen molar-refractivity contribution in [1.29, 1.82) is 0 Å². The first-order valence-electron chi connectivity index (χ1n) is 8.25. The highest BCUT2D eigenvalue weighted by atomic mass is 15.2. The van der Waals surface area contributed by atoms with Crippen molar-refractivity contribution in [2.45, 2.75) is 45.6 Å². The standard InChI is InChI=1S/C18H27N5/c1-14(22-13-19)12-18(20-3)23-11-6-4-5-9-17(23)16-8-7-10-21-15(16)2/h7-8,10,12,17H,3-6,9,11,13,19H2,1-2H3/b18-12+,22-14?. The van der Waals surface area contributed by atoms with E-state index in [0.717, 1.165) is 36.6 Å². The van der Waals surface area contributed by atoms with E-state index in [2.05, 4.69) is 39.6 Å². The first kappa shape index (κ1) is 17.3. The number of hydrogen-bond donors (Lipinski definition) is 1. The van der Waals surface area contributed by atoms with Gasteiger partial charge in [0.1, 0.15) is 5.82 Å². The molecular formula is C18H27N5. The van der Waals surface area contributed by atoms with Gasteiger partial charge in [0.25, 0.3) is 0 Å². The third-order valence-electron chi connectivity index (χ3n) is 4.29. The van der Waals surface area contributed by atoms with Gasteiger partial charge >= 0.3 is 0 Å². The van der Waals surface area contributed by atoms with Crippen LogP contribution in [0.1, 0.15) is 49.9 Å². The molecule has 1 aromatic heterocycles. The highest BCUT2D eigenvalue weighted by Crippen LogP contribution is 2.34. The molecule has 124 valence electrons. The molecule has 5 nitrogen and oxygen atoms in total. The fourth-order valence-corrected chi connectivity index (χ4v) is 3.15. The van der Waals surface area contributed by atoms with Crippen LogP contribution < -0.4 is 5.73 Å².